The maximum atomic E-state index is 5.85. The number of hydrogen-bond donors (Lipinski definition) is 1. The topological polar surface area (TPSA) is 54.5 Å². The van der Waals surface area contributed by atoms with Crippen molar-refractivity contribution in [3.8, 4) is 0 Å². The summed E-state index contributed by atoms with van der Waals surface area (Å²) < 4.78 is 0. The van der Waals surface area contributed by atoms with Crippen LogP contribution in [0.15, 0.2) is 6.33 Å². The van der Waals surface area contributed by atoms with E-state index in [1.54, 1.807) is 6.33 Å². The van der Waals surface area contributed by atoms with Crippen LogP contribution in [0.25, 0.3) is 11.2 Å². The SMILES string of the molecule is CCc1nc(Cl)c2nc[nH]c2n1. The first-order valence-corrected chi connectivity index (χ1v) is 4.04. The molecule has 0 aromatic carbocycles. The normalized spacial score (nSPS) is 10.8. The second-order valence-corrected chi connectivity index (χ2v) is 2.74. The number of hydrogen-bond acceptors (Lipinski definition) is 3. The number of halogens is 1. The van der Waals surface area contributed by atoms with Crippen LogP contribution in [0.1, 0.15) is 12.7 Å². The summed E-state index contributed by atoms with van der Waals surface area (Å²) in [5.74, 6) is 0.733. The fourth-order valence-electron chi connectivity index (χ4n) is 1.00. The van der Waals surface area contributed by atoms with Gasteiger partial charge in [-0.25, -0.2) is 15.0 Å². The first kappa shape index (κ1) is 7.49. The van der Waals surface area contributed by atoms with E-state index in [0.29, 0.717) is 16.3 Å². The maximum absolute atomic E-state index is 5.85. The fraction of sp³-hybridized carbons (Fsp3) is 0.286. The molecule has 0 aliphatic rings. The predicted octanol–water partition coefficient (Wildman–Crippen LogP) is 1.57. The molecule has 2 aromatic heterocycles. The highest BCUT2D eigenvalue weighted by molar-refractivity contribution is 6.33. The fourth-order valence-corrected chi connectivity index (χ4v) is 1.24. The largest absolute Gasteiger partial charge is 0.329 e. The molecule has 0 spiro atoms. The summed E-state index contributed by atoms with van der Waals surface area (Å²) in [5.41, 5.74) is 1.33. The van der Waals surface area contributed by atoms with Gasteiger partial charge < -0.3 is 4.98 Å². The highest BCUT2D eigenvalue weighted by Gasteiger charge is 2.05. The minimum absolute atomic E-state index is 0.415. The highest BCUT2D eigenvalue weighted by atomic mass is 35.5. The van der Waals surface area contributed by atoms with Crippen molar-refractivity contribution >= 4 is 22.8 Å². The minimum Gasteiger partial charge on any atom is -0.329 e. The van der Waals surface area contributed by atoms with Crippen molar-refractivity contribution in [2.75, 3.05) is 0 Å². The molecule has 0 unspecified atom stereocenters. The summed E-state index contributed by atoms with van der Waals surface area (Å²) in [4.78, 5) is 15.1. The zero-order valence-electron chi connectivity index (χ0n) is 6.50. The van der Waals surface area contributed by atoms with Gasteiger partial charge in [0.15, 0.2) is 10.8 Å². The van der Waals surface area contributed by atoms with E-state index < -0.39 is 0 Å². The zero-order chi connectivity index (χ0) is 8.55. The van der Waals surface area contributed by atoms with Gasteiger partial charge in [0.25, 0.3) is 0 Å². The van der Waals surface area contributed by atoms with Crippen LogP contribution in [-0.2, 0) is 6.42 Å². The standard InChI is InChI=1S/C7H7ClN4/c1-2-4-11-6(8)5-7(12-4)10-3-9-5/h3H,2H2,1H3,(H,9,10,11,12). The summed E-state index contributed by atoms with van der Waals surface area (Å²) >= 11 is 5.85. The molecule has 5 heteroatoms. The van der Waals surface area contributed by atoms with Gasteiger partial charge in [-0.05, 0) is 0 Å². The second kappa shape index (κ2) is 2.71. The zero-order valence-corrected chi connectivity index (χ0v) is 7.26. The van der Waals surface area contributed by atoms with E-state index in [2.05, 4.69) is 19.9 Å². The van der Waals surface area contributed by atoms with Crippen molar-refractivity contribution in [1.29, 1.82) is 0 Å². The number of nitrogens with one attached hydrogen (secondary N) is 1. The summed E-state index contributed by atoms with van der Waals surface area (Å²) in [6, 6.07) is 0. The minimum atomic E-state index is 0.415. The molecular formula is C7H7ClN4. The van der Waals surface area contributed by atoms with Gasteiger partial charge in [-0.3, -0.25) is 0 Å². The van der Waals surface area contributed by atoms with Gasteiger partial charge in [0, 0.05) is 6.42 Å². The summed E-state index contributed by atoms with van der Waals surface area (Å²) in [5, 5.41) is 0.415. The number of aryl methyl sites for hydroxylation is 1. The molecule has 0 radical (unpaired) electrons. The second-order valence-electron chi connectivity index (χ2n) is 2.38. The number of aromatic nitrogens is 4. The average Bonchev–Trinajstić information content (AvgIpc) is 2.52. The molecule has 1 N–H and O–H groups in total. The van der Waals surface area contributed by atoms with Crippen LogP contribution in [0.3, 0.4) is 0 Å². The quantitative estimate of drug-likeness (QED) is 0.682. The average molecular weight is 183 g/mol. The number of imidazole rings is 1. The van der Waals surface area contributed by atoms with Crippen LogP contribution >= 0.6 is 11.6 Å². The Hall–Kier alpha value is -1.16. The smallest absolute Gasteiger partial charge is 0.162 e. The first-order chi connectivity index (χ1) is 5.81. The molecule has 0 atom stereocenters. The van der Waals surface area contributed by atoms with Crippen molar-refractivity contribution in [2.24, 2.45) is 0 Å². The number of fused-ring (bicyclic) bond motifs is 1. The maximum Gasteiger partial charge on any atom is 0.162 e. The Morgan fingerprint density at radius 1 is 1.50 bits per heavy atom. The van der Waals surface area contributed by atoms with E-state index in [9.17, 15) is 0 Å². The molecule has 0 saturated heterocycles. The summed E-state index contributed by atoms with van der Waals surface area (Å²) in [6.45, 7) is 1.98. The van der Waals surface area contributed by atoms with Gasteiger partial charge in [0.2, 0.25) is 0 Å². The van der Waals surface area contributed by atoms with Crippen molar-refractivity contribution < 1.29 is 0 Å². The van der Waals surface area contributed by atoms with Crippen molar-refractivity contribution in [2.45, 2.75) is 13.3 Å². The molecule has 0 fully saturated rings. The highest BCUT2D eigenvalue weighted by Crippen LogP contribution is 2.15. The molecule has 0 saturated carbocycles. The number of aromatic amines is 1. The molecule has 62 valence electrons. The molecule has 0 bridgehead atoms. The van der Waals surface area contributed by atoms with E-state index in [1.165, 1.54) is 0 Å². The monoisotopic (exact) mass is 182 g/mol. The number of nitrogens with zero attached hydrogens (tertiary/aromatic N) is 3. The van der Waals surface area contributed by atoms with Gasteiger partial charge in [-0.1, -0.05) is 18.5 Å². The van der Waals surface area contributed by atoms with Crippen LogP contribution < -0.4 is 0 Å². The molecule has 2 rings (SSSR count). The first-order valence-electron chi connectivity index (χ1n) is 3.66. The molecule has 4 nitrogen and oxygen atoms in total. The third-order valence-corrected chi connectivity index (χ3v) is 1.86. The third kappa shape index (κ3) is 1.04. The lowest BCUT2D eigenvalue weighted by Crippen LogP contribution is -1.93. The molecule has 2 heterocycles. The van der Waals surface area contributed by atoms with Crippen LogP contribution in [0.2, 0.25) is 5.15 Å². The molecule has 0 aliphatic carbocycles. The molecular weight excluding hydrogens is 176 g/mol. The molecule has 0 aliphatic heterocycles. The van der Waals surface area contributed by atoms with Crippen molar-refractivity contribution in [1.82, 2.24) is 19.9 Å². The Labute approximate surface area is 74.0 Å². The lowest BCUT2D eigenvalue weighted by molar-refractivity contribution is 0.956. The van der Waals surface area contributed by atoms with Crippen molar-refractivity contribution in [3.63, 3.8) is 0 Å². The number of H-pyrrole nitrogens is 1. The van der Waals surface area contributed by atoms with Crippen LogP contribution in [0, 0.1) is 0 Å². The van der Waals surface area contributed by atoms with E-state index >= 15 is 0 Å². The van der Waals surface area contributed by atoms with Crippen LogP contribution in [0.5, 0.6) is 0 Å². The summed E-state index contributed by atoms with van der Waals surface area (Å²) in [6.07, 6.45) is 2.33. The molecule has 2 aromatic rings. The van der Waals surface area contributed by atoms with Gasteiger partial charge in [-0.15, -0.1) is 0 Å². The van der Waals surface area contributed by atoms with Gasteiger partial charge in [-0.2, -0.15) is 0 Å². The van der Waals surface area contributed by atoms with Crippen molar-refractivity contribution in [3.05, 3.63) is 17.3 Å². The summed E-state index contributed by atoms with van der Waals surface area (Å²) in [7, 11) is 0. The van der Waals surface area contributed by atoms with E-state index in [0.717, 1.165) is 12.2 Å². The molecule has 0 amide bonds. The van der Waals surface area contributed by atoms with E-state index in [4.69, 9.17) is 11.6 Å². The number of rotatable bonds is 1. The van der Waals surface area contributed by atoms with Gasteiger partial charge >= 0.3 is 0 Å². The van der Waals surface area contributed by atoms with Gasteiger partial charge in [0.05, 0.1) is 6.33 Å². The third-order valence-electron chi connectivity index (χ3n) is 1.60. The lowest BCUT2D eigenvalue weighted by Gasteiger charge is -1.95. The molecule has 12 heavy (non-hydrogen) atoms. The van der Waals surface area contributed by atoms with E-state index in [1.807, 2.05) is 6.92 Å². The van der Waals surface area contributed by atoms with Crippen LogP contribution in [-0.4, -0.2) is 19.9 Å². The Kier molecular flexibility index (Phi) is 1.69. The Balaban J connectivity index is 2.75. The lowest BCUT2D eigenvalue weighted by atomic mass is 10.4. The Bertz CT molecular complexity index is 409. The van der Waals surface area contributed by atoms with Crippen LogP contribution in [0.4, 0.5) is 0 Å². The van der Waals surface area contributed by atoms with E-state index in [-0.39, 0.29) is 0 Å². The van der Waals surface area contributed by atoms with Gasteiger partial charge in [0.1, 0.15) is 11.3 Å². The Morgan fingerprint density at radius 3 is 3.08 bits per heavy atom. The Morgan fingerprint density at radius 2 is 2.33 bits per heavy atom. The predicted molar refractivity (Wildman–Crippen MR) is 46.1 cm³/mol.